The van der Waals surface area contributed by atoms with E-state index in [0.717, 1.165) is 10.0 Å². The third kappa shape index (κ3) is 3.07. The highest BCUT2D eigenvalue weighted by atomic mass is 79.9. The Labute approximate surface area is 158 Å². The lowest BCUT2D eigenvalue weighted by atomic mass is 10.2. The third-order valence-electron chi connectivity index (χ3n) is 3.93. The first-order valence-corrected chi connectivity index (χ1v) is 8.69. The molecule has 0 saturated carbocycles. The zero-order chi connectivity index (χ0) is 18.1. The van der Waals surface area contributed by atoms with Crippen molar-refractivity contribution in [2.45, 2.75) is 0 Å². The lowest BCUT2D eigenvalue weighted by molar-refractivity contribution is -0.117. The molecule has 26 heavy (non-hydrogen) atoms. The minimum Gasteiger partial charge on any atom is -0.457 e. The average Bonchev–Trinajstić information content (AvgIpc) is 3.23. The third-order valence-corrected chi connectivity index (χ3v) is 4.42. The summed E-state index contributed by atoms with van der Waals surface area (Å²) in [4.78, 5) is 24.9. The highest BCUT2D eigenvalue weighted by Gasteiger charge is 2.34. The summed E-state index contributed by atoms with van der Waals surface area (Å²) in [5, 5.41) is 1.22. The molecule has 0 unspecified atom stereocenters. The highest BCUT2D eigenvalue weighted by molar-refractivity contribution is 9.10. The molecular weight excluding hydrogens is 396 g/mol. The molecule has 0 radical (unpaired) electrons. The number of rotatable bonds is 3. The highest BCUT2D eigenvalue weighted by Crippen LogP contribution is 2.26. The van der Waals surface area contributed by atoms with Crippen molar-refractivity contribution in [2.24, 2.45) is 0 Å². The lowest BCUT2D eigenvalue weighted by Gasteiger charge is -2.14. The molecule has 1 aromatic heterocycles. The molecule has 1 aliphatic rings. The quantitative estimate of drug-likeness (QED) is 0.522. The number of anilines is 1. The van der Waals surface area contributed by atoms with Crippen LogP contribution in [0.5, 0.6) is 0 Å². The van der Waals surface area contributed by atoms with Crippen LogP contribution in [0.1, 0.15) is 5.76 Å². The maximum atomic E-state index is 12.6. The first-order chi connectivity index (χ1) is 12.6. The molecule has 1 saturated heterocycles. The van der Waals surface area contributed by atoms with Gasteiger partial charge in [0.1, 0.15) is 17.1 Å². The maximum absolute atomic E-state index is 12.6. The van der Waals surface area contributed by atoms with Crippen LogP contribution >= 0.6 is 15.9 Å². The molecule has 1 N–H and O–H groups in total. The Balaban J connectivity index is 1.63. The Hall–Kier alpha value is -3.12. The summed E-state index contributed by atoms with van der Waals surface area (Å²) >= 11 is 3.36. The summed E-state index contributed by atoms with van der Waals surface area (Å²) in [5.41, 5.74) is 4.10. The van der Waals surface area contributed by atoms with E-state index in [9.17, 15) is 9.59 Å². The molecule has 0 aliphatic carbocycles. The number of hydrogen-bond acceptors (Lipinski definition) is 3. The van der Waals surface area contributed by atoms with Crippen LogP contribution in [0.4, 0.5) is 5.69 Å². The van der Waals surface area contributed by atoms with Crippen molar-refractivity contribution >= 4 is 39.5 Å². The van der Waals surface area contributed by atoms with E-state index in [0.29, 0.717) is 17.2 Å². The number of furan rings is 1. The number of amides is 2. The number of hydrazine groups is 1. The van der Waals surface area contributed by atoms with Crippen molar-refractivity contribution in [2.75, 3.05) is 5.01 Å². The summed E-state index contributed by atoms with van der Waals surface area (Å²) in [6.07, 6.45) is 1.46. The number of benzene rings is 2. The predicted molar refractivity (Wildman–Crippen MR) is 102 cm³/mol. The van der Waals surface area contributed by atoms with Crippen molar-refractivity contribution in [3.63, 3.8) is 0 Å². The Morgan fingerprint density at radius 2 is 1.77 bits per heavy atom. The van der Waals surface area contributed by atoms with Gasteiger partial charge in [-0.3, -0.25) is 15.0 Å². The van der Waals surface area contributed by atoms with E-state index in [-0.39, 0.29) is 5.57 Å². The molecule has 0 atom stereocenters. The smallest absolute Gasteiger partial charge is 0.282 e. The van der Waals surface area contributed by atoms with E-state index < -0.39 is 11.8 Å². The summed E-state index contributed by atoms with van der Waals surface area (Å²) in [5.74, 6) is 0.226. The van der Waals surface area contributed by atoms with Gasteiger partial charge in [0, 0.05) is 10.0 Å². The van der Waals surface area contributed by atoms with E-state index >= 15 is 0 Å². The predicted octanol–water partition coefficient (Wildman–Crippen LogP) is 4.17. The van der Waals surface area contributed by atoms with Gasteiger partial charge in [-0.15, -0.1) is 0 Å². The van der Waals surface area contributed by atoms with Crippen molar-refractivity contribution in [1.29, 1.82) is 0 Å². The van der Waals surface area contributed by atoms with E-state index in [1.54, 1.807) is 24.3 Å². The Morgan fingerprint density at radius 3 is 2.54 bits per heavy atom. The van der Waals surface area contributed by atoms with Crippen LogP contribution in [0.2, 0.25) is 0 Å². The average molecular weight is 409 g/mol. The standard InChI is InChI=1S/C20H13BrN2O3/c21-14-7-4-8-15(11-14)23-20(25)17(19(24)22-23)12-16-9-10-18(26-16)13-5-2-1-3-6-13/h1-12H,(H,22,24). The molecular formula is C20H13BrN2O3. The molecule has 2 aromatic carbocycles. The molecule has 2 heterocycles. The number of carbonyl (C=O) groups excluding carboxylic acids is 2. The first kappa shape index (κ1) is 16.4. The van der Waals surface area contributed by atoms with E-state index in [4.69, 9.17) is 4.42 Å². The zero-order valence-electron chi connectivity index (χ0n) is 13.5. The van der Waals surface area contributed by atoms with Gasteiger partial charge in [-0.2, -0.15) is 0 Å². The molecule has 1 fully saturated rings. The Bertz CT molecular complexity index is 1020. The number of carbonyl (C=O) groups is 2. The van der Waals surface area contributed by atoms with Gasteiger partial charge in [-0.05, 0) is 36.4 Å². The minimum absolute atomic E-state index is 0.0268. The van der Waals surface area contributed by atoms with E-state index in [2.05, 4.69) is 21.4 Å². The molecule has 2 amide bonds. The van der Waals surface area contributed by atoms with Crippen LogP contribution in [-0.4, -0.2) is 11.8 Å². The van der Waals surface area contributed by atoms with Crippen molar-refractivity contribution < 1.29 is 14.0 Å². The summed E-state index contributed by atoms with van der Waals surface area (Å²) in [7, 11) is 0. The fraction of sp³-hybridized carbons (Fsp3) is 0. The zero-order valence-corrected chi connectivity index (χ0v) is 15.1. The second kappa shape index (κ2) is 6.65. The van der Waals surface area contributed by atoms with Gasteiger partial charge in [0.05, 0.1) is 5.69 Å². The van der Waals surface area contributed by atoms with Crippen molar-refractivity contribution in [3.05, 3.63) is 82.5 Å². The van der Waals surface area contributed by atoms with Gasteiger partial charge in [0.2, 0.25) is 0 Å². The summed E-state index contributed by atoms with van der Waals surface area (Å²) in [6.45, 7) is 0. The molecule has 128 valence electrons. The van der Waals surface area contributed by atoms with Gasteiger partial charge >= 0.3 is 0 Å². The van der Waals surface area contributed by atoms with Gasteiger partial charge < -0.3 is 4.42 Å². The van der Waals surface area contributed by atoms with Crippen LogP contribution in [0.3, 0.4) is 0 Å². The van der Waals surface area contributed by atoms with Crippen LogP contribution < -0.4 is 10.4 Å². The summed E-state index contributed by atoms with van der Waals surface area (Å²) < 4.78 is 6.57. The lowest BCUT2D eigenvalue weighted by Crippen LogP contribution is -2.35. The molecule has 3 aromatic rings. The van der Waals surface area contributed by atoms with Crippen LogP contribution in [0.15, 0.2) is 81.2 Å². The van der Waals surface area contributed by atoms with Gasteiger partial charge in [0.15, 0.2) is 0 Å². The maximum Gasteiger partial charge on any atom is 0.282 e. The fourth-order valence-corrected chi connectivity index (χ4v) is 3.07. The van der Waals surface area contributed by atoms with Gasteiger partial charge in [-0.1, -0.05) is 52.3 Å². The Kier molecular flexibility index (Phi) is 4.18. The van der Waals surface area contributed by atoms with Crippen molar-refractivity contribution in [3.8, 4) is 11.3 Å². The normalized spacial score (nSPS) is 15.6. The number of halogens is 1. The number of hydrogen-bond donors (Lipinski definition) is 1. The summed E-state index contributed by atoms with van der Waals surface area (Å²) in [6, 6.07) is 20.3. The number of nitrogens with zero attached hydrogens (tertiary/aromatic N) is 1. The first-order valence-electron chi connectivity index (χ1n) is 7.90. The van der Waals surface area contributed by atoms with Crippen LogP contribution in [-0.2, 0) is 9.59 Å². The molecule has 4 rings (SSSR count). The number of nitrogens with one attached hydrogen (secondary N) is 1. The molecule has 5 nitrogen and oxygen atoms in total. The monoisotopic (exact) mass is 408 g/mol. The molecule has 6 heteroatoms. The second-order valence-corrected chi connectivity index (χ2v) is 6.60. The SMILES string of the molecule is O=C1NN(c2cccc(Br)c2)C(=O)C1=Cc1ccc(-c2ccccc2)o1. The largest absolute Gasteiger partial charge is 0.457 e. The van der Waals surface area contributed by atoms with Gasteiger partial charge in [-0.25, -0.2) is 5.01 Å². The second-order valence-electron chi connectivity index (χ2n) is 5.69. The fourth-order valence-electron chi connectivity index (χ4n) is 2.68. The van der Waals surface area contributed by atoms with Crippen LogP contribution in [0.25, 0.3) is 17.4 Å². The molecule has 1 aliphatic heterocycles. The van der Waals surface area contributed by atoms with Gasteiger partial charge in [0.25, 0.3) is 11.8 Å². The minimum atomic E-state index is -0.465. The topological polar surface area (TPSA) is 62.6 Å². The Morgan fingerprint density at radius 1 is 0.962 bits per heavy atom. The van der Waals surface area contributed by atoms with E-state index in [1.807, 2.05) is 42.5 Å². The van der Waals surface area contributed by atoms with E-state index in [1.165, 1.54) is 11.1 Å². The molecule has 0 bridgehead atoms. The molecule has 0 spiro atoms. The van der Waals surface area contributed by atoms with Crippen LogP contribution in [0, 0.1) is 0 Å². The van der Waals surface area contributed by atoms with Crippen molar-refractivity contribution in [1.82, 2.24) is 5.43 Å².